The zero-order chi connectivity index (χ0) is 11.1. The van der Waals surface area contributed by atoms with E-state index in [2.05, 4.69) is 29.3 Å². The zero-order valence-electron chi connectivity index (χ0n) is 9.36. The molecule has 1 N–H and O–H groups in total. The maximum absolute atomic E-state index is 10.7. The van der Waals surface area contributed by atoms with E-state index in [-0.39, 0.29) is 5.91 Å². The lowest BCUT2D eigenvalue weighted by molar-refractivity contribution is -0.118. The van der Waals surface area contributed by atoms with Crippen molar-refractivity contribution in [2.45, 2.75) is 13.8 Å². The summed E-state index contributed by atoms with van der Waals surface area (Å²) in [5, 5.41) is 2.80. The summed E-state index contributed by atoms with van der Waals surface area (Å²) in [6.07, 6.45) is 0. The van der Waals surface area contributed by atoms with Gasteiger partial charge in [-0.3, -0.25) is 4.79 Å². The van der Waals surface area contributed by atoms with Crippen molar-refractivity contribution in [1.82, 2.24) is 5.32 Å². The fourth-order valence-corrected chi connectivity index (χ4v) is 1.48. The van der Waals surface area contributed by atoms with Crippen molar-refractivity contribution in [3.8, 4) is 0 Å². The molecule has 0 bridgehead atoms. The molecule has 0 aliphatic rings. The van der Waals surface area contributed by atoms with E-state index in [0.29, 0.717) is 6.54 Å². The van der Waals surface area contributed by atoms with Crippen LogP contribution in [-0.2, 0) is 4.79 Å². The summed E-state index contributed by atoms with van der Waals surface area (Å²) in [6.45, 7) is 6.14. The highest BCUT2D eigenvalue weighted by Crippen LogP contribution is 2.11. The van der Waals surface area contributed by atoms with Crippen LogP contribution in [0.1, 0.15) is 13.8 Å². The summed E-state index contributed by atoms with van der Waals surface area (Å²) in [4.78, 5) is 13.0. The van der Waals surface area contributed by atoms with Crippen molar-refractivity contribution >= 4 is 11.6 Å². The molecule has 3 nitrogen and oxygen atoms in total. The average molecular weight is 206 g/mol. The van der Waals surface area contributed by atoms with Crippen LogP contribution in [0.3, 0.4) is 0 Å². The molecule has 0 radical (unpaired) electrons. The molecule has 0 saturated carbocycles. The first-order valence-corrected chi connectivity index (χ1v) is 5.28. The standard InChI is InChI=1S/C12H18N2O/c1-3-14(10-9-13-11(2)15)12-7-5-4-6-8-12/h4-8H,3,9-10H2,1-2H3,(H,13,15). The van der Waals surface area contributed by atoms with E-state index in [1.807, 2.05) is 18.2 Å². The largest absolute Gasteiger partial charge is 0.370 e. The van der Waals surface area contributed by atoms with Gasteiger partial charge in [0, 0.05) is 32.2 Å². The Morgan fingerprint density at radius 2 is 2.00 bits per heavy atom. The SMILES string of the molecule is CCN(CCNC(C)=O)c1ccccc1. The number of benzene rings is 1. The van der Waals surface area contributed by atoms with E-state index in [1.165, 1.54) is 5.69 Å². The molecule has 0 unspecified atom stereocenters. The van der Waals surface area contributed by atoms with Gasteiger partial charge in [0.1, 0.15) is 0 Å². The Hall–Kier alpha value is -1.51. The van der Waals surface area contributed by atoms with Crippen molar-refractivity contribution in [1.29, 1.82) is 0 Å². The average Bonchev–Trinajstić information content (AvgIpc) is 2.25. The first-order chi connectivity index (χ1) is 7.24. The maximum atomic E-state index is 10.7. The van der Waals surface area contributed by atoms with Crippen molar-refractivity contribution in [2.24, 2.45) is 0 Å². The Morgan fingerprint density at radius 1 is 1.33 bits per heavy atom. The Labute approximate surface area is 91.1 Å². The fraction of sp³-hybridized carbons (Fsp3) is 0.417. The third kappa shape index (κ3) is 4.02. The monoisotopic (exact) mass is 206 g/mol. The molecule has 0 atom stereocenters. The zero-order valence-corrected chi connectivity index (χ0v) is 9.36. The van der Waals surface area contributed by atoms with Crippen LogP contribution in [0.2, 0.25) is 0 Å². The number of likely N-dealkylation sites (N-methyl/N-ethyl adjacent to an activating group) is 1. The second-order valence-electron chi connectivity index (χ2n) is 3.40. The Bertz CT molecular complexity index is 298. The molecule has 0 heterocycles. The molecule has 82 valence electrons. The molecule has 0 fully saturated rings. The summed E-state index contributed by atoms with van der Waals surface area (Å²) in [6, 6.07) is 10.2. The van der Waals surface area contributed by atoms with Crippen LogP contribution in [0, 0.1) is 0 Å². The Balaban J connectivity index is 2.46. The van der Waals surface area contributed by atoms with Gasteiger partial charge in [-0.15, -0.1) is 0 Å². The molecule has 0 saturated heterocycles. The second-order valence-corrected chi connectivity index (χ2v) is 3.40. The molecule has 1 amide bonds. The topological polar surface area (TPSA) is 32.3 Å². The van der Waals surface area contributed by atoms with Crippen LogP contribution < -0.4 is 10.2 Å². The van der Waals surface area contributed by atoms with Crippen LogP contribution >= 0.6 is 0 Å². The Morgan fingerprint density at radius 3 is 2.53 bits per heavy atom. The predicted molar refractivity (Wildman–Crippen MR) is 63.0 cm³/mol. The van der Waals surface area contributed by atoms with Gasteiger partial charge in [0.2, 0.25) is 5.91 Å². The predicted octanol–water partition coefficient (Wildman–Crippen LogP) is 1.65. The summed E-state index contributed by atoms with van der Waals surface area (Å²) < 4.78 is 0. The number of anilines is 1. The van der Waals surface area contributed by atoms with E-state index in [1.54, 1.807) is 6.92 Å². The lowest BCUT2D eigenvalue weighted by Gasteiger charge is -2.22. The minimum atomic E-state index is 0.0270. The van der Waals surface area contributed by atoms with Gasteiger partial charge in [-0.1, -0.05) is 18.2 Å². The number of hydrogen-bond acceptors (Lipinski definition) is 2. The molecular formula is C12H18N2O. The molecule has 1 rings (SSSR count). The van der Waals surface area contributed by atoms with Crippen molar-refractivity contribution in [2.75, 3.05) is 24.5 Å². The number of nitrogens with zero attached hydrogens (tertiary/aromatic N) is 1. The van der Waals surface area contributed by atoms with E-state index < -0.39 is 0 Å². The van der Waals surface area contributed by atoms with Crippen LogP contribution in [0.15, 0.2) is 30.3 Å². The molecule has 1 aromatic rings. The minimum absolute atomic E-state index is 0.0270. The molecule has 3 heteroatoms. The highest BCUT2D eigenvalue weighted by atomic mass is 16.1. The van der Waals surface area contributed by atoms with E-state index >= 15 is 0 Å². The molecule has 0 spiro atoms. The van der Waals surface area contributed by atoms with Crippen LogP contribution in [0.4, 0.5) is 5.69 Å². The number of rotatable bonds is 5. The lowest BCUT2D eigenvalue weighted by Crippen LogP contribution is -2.33. The van der Waals surface area contributed by atoms with Crippen molar-refractivity contribution < 1.29 is 4.79 Å². The van der Waals surface area contributed by atoms with Gasteiger partial charge in [-0.25, -0.2) is 0 Å². The summed E-state index contributed by atoms with van der Waals surface area (Å²) in [5.74, 6) is 0.0270. The Kier molecular flexibility index (Phi) is 4.68. The van der Waals surface area contributed by atoms with Crippen molar-refractivity contribution in [3.05, 3.63) is 30.3 Å². The number of hydrogen-bond donors (Lipinski definition) is 1. The van der Waals surface area contributed by atoms with Gasteiger partial charge in [0.05, 0.1) is 0 Å². The van der Waals surface area contributed by atoms with Crippen LogP contribution in [0.5, 0.6) is 0 Å². The van der Waals surface area contributed by atoms with Gasteiger partial charge in [0.25, 0.3) is 0 Å². The summed E-state index contributed by atoms with van der Waals surface area (Å²) in [5.41, 5.74) is 1.20. The first-order valence-electron chi connectivity index (χ1n) is 5.28. The first kappa shape index (κ1) is 11.6. The third-order valence-electron chi connectivity index (χ3n) is 2.26. The van der Waals surface area contributed by atoms with E-state index in [4.69, 9.17) is 0 Å². The van der Waals surface area contributed by atoms with Gasteiger partial charge >= 0.3 is 0 Å². The van der Waals surface area contributed by atoms with Crippen LogP contribution in [0.25, 0.3) is 0 Å². The lowest BCUT2D eigenvalue weighted by atomic mass is 10.3. The second kappa shape index (κ2) is 6.06. The maximum Gasteiger partial charge on any atom is 0.216 e. The fourth-order valence-electron chi connectivity index (χ4n) is 1.48. The van der Waals surface area contributed by atoms with E-state index in [0.717, 1.165) is 13.1 Å². The third-order valence-corrected chi connectivity index (χ3v) is 2.26. The quantitative estimate of drug-likeness (QED) is 0.794. The number of para-hydroxylation sites is 1. The van der Waals surface area contributed by atoms with Crippen molar-refractivity contribution in [3.63, 3.8) is 0 Å². The van der Waals surface area contributed by atoms with Gasteiger partial charge < -0.3 is 10.2 Å². The molecule has 15 heavy (non-hydrogen) atoms. The molecule has 0 aliphatic heterocycles. The van der Waals surface area contributed by atoms with Crippen LogP contribution in [-0.4, -0.2) is 25.5 Å². The molecule has 0 aromatic heterocycles. The number of carbonyl (C=O) groups excluding carboxylic acids is 1. The highest BCUT2D eigenvalue weighted by Gasteiger charge is 2.02. The molecule has 0 aliphatic carbocycles. The summed E-state index contributed by atoms with van der Waals surface area (Å²) in [7, 11) is 0. The highest BCUT2D eigenvalue weighted by molar-refractivity contribution is 5.72. The van der Waals surface area contributed by atoms with Gasteiger partial charge in [-0.2, -0.15) is 0 Å². The number of amides is 1. The normalized spacial score (nSPS) is 9.73. The summed E-state index contributed by atoms with van der Waals surface area (Å²) >= 11 is 0. The molecular weight excluding hydrogens is 188 g/mol. The van der Waals surface area contributed by atoms with Gasteiger partial charge in [0.15, 0.2) is 0 Å². The van der Waals surface area contributed by atoms with E-state index in [9.17, 15) is 4.79 Å². The molecule has 1 aromatic carbocycles. The van der Waals surface area contributed by atoms with Gasteiger partial charge in [-0.05, 0) is 19.1 Å². The smallest absolute Gasteiger partial charge is 0.216 e. The number of carbonyl (C=O) groups is 1. The minimum Gasteiger partial charge on any atom is -0.370 e. The number of nitrogens with one attached hydrogen (secondary N) is 1.